The number of halogens is 1. The van der Waals surface area contributed by atoms with Gasteiger partial charge in [-0.25, -0.2) is 9.67 Å². The molecule has 21 heteroatoms. The molecule has 0 spiro atoms. The Morgan fingerprint density at radius 1 is 1.00 bits per heavy atom. The zero-order valence-electron chi connectivity index (χ0n) is 28.0. The fourth-order valence-electron chi connectivity index (χ4n) is 5.03. The molecule has 0 saturated carbocycles. The Kier molecular flexibility index (Phi) is 17.3. The lowest BCUT2D eigenvalue weighted by Crippen LogP contribution is -2.33. The van der Waals surface area contributed by atoms with Crippen LogP contribution in [0.1, 0.15) is 17.8 Å². The molecule has 17 nitrogen and oxygen atoms in total. The first-order valence-corrected chi connectivity index (χ1v) is 21.2. The lowest BCUT2D eigenvalue weighted by molar-refractivity contribution is -0.0541. The number of hydrogen-bond acceptors (Lipinski definition) is 14. The molecule has 1 saturated heterocycles. The molecule has 6 atom stereocenters. The number of nitrogens with zero attached hydrogens (tertiary/aromatic N) is 3. The van der Waals surface area contributed by atoms with Gasteiger partial charge in [-0.3, -0.25) is 9.13 Å². The van der Waals surface area contributed by atoms with Crippen LogP contribution in [-0.2, 0) is 37.3 Å². The van der Waals surface area contributed by atoms with E-state index in [-0.39, 0.29) is 23.4 Å². The van der Waals surface area contributed by atoms with E-state index < -0.39 is 52.2 Å². The molecular formula is C31H43ClN4O13P2S. The van der Waals surface area contributed by atoms with Crippen molar-refractivity contribution in [2.75, 3.05) is 82.2 Å². The summed E-state index contributed by atoms with van der Waals surface area (Å²) in [5, 5.41) is 29.9. The Labute approximate surface area is 309 Å². The SMILES string of the molecule is C#CCOCCOCCOCCOCCSC[C@H](Nc1cc(Cl)nc2c1cnn2[C@@H]1O[C@H](COP(=O)(O)CP(=O)(O)O)[C@@H](O)[C@H]1O)c1ccccc1. The van der Waals surface area contributed by atoms with Gasteiger partial charge < -0.3 is 58.4 Å². The molecule has 0 aliphatic carbocycles. The summed E-state index contributed by atoms with van der Waals surface area (Å²) < 4.78 is 56.8. The molecule has 52 heavy (non-hydrogen) atoms. The topological polar surface area (TPSA) is 233 Å². The van der Waals surface area contributed by atoms with Crippen LogP contribution in [0.2, 0.25) is 5.15 Å². The third-order valence-corrected chi connectivity index (χ3v) is 12.1. The van der Waals surface area contributed by atoms with Crippen molar-refractivity contribution in [1.82, 2.24) is 14.8 Å². The lowest BCUT2D eigenvalue weighted by atomic mass is 10.1. The van der Waals surface area contributed by atoms with E-state index in [0.29, 0.717) is 63.1 Å². The van der Waals surface area contributed by atoms with E-state index in [2.05, 4.69) is 21.3 Å². The molecule has 1 aliphatic heterocycles. The van der Waals surface area contributed by atoms with Crippen LogP contribution in [0.4, 0.5) is 5.69 Å². The molecule has 2 aromatic heterocycles. The van der Waals surface area contributed by atoms with Crippen LogP contribution in [0, 0.1) is 12.3 Å². The van der Waals surface area contributed by atoms with Gasteiger partial charge in [0, 0.05) is 11.5 Å². The van der Waals surface area contributed by atoms with Crippen LogP contribution in [0.5, 0.6) is 0 Å². The number of terminal acetylenes is 1. The summed E-state index contributed by atoms with van der Waals surface area (Å²) in [6.07, 6.45) is 0.815. The maximum absolute atomic E-state index is 12.1. The third-order valence-electron chi connectivity index (χ3n) is 7.41. The Hall–Kier alpha value is -2.14. The van der Waals surface area contributed by atoms with E-state index in [9.17, 15) is 24.2 Å². The quantitative estimate of drug-likeness (QED) is 0.0330. The van der Waals surface area contributed by atoms with E-state index in [1.807, 2.05) is 30.3 Å². The molecule has 0 bridgehead atoms. The van der Waals surface area contributed by atoms with Gasteiger partial charge in [-0.15, -0.1) is 6.42 Å². The Morgan fingerprint density at radius 3 is 2.31 bits per heavy atom. The predicted molar refractivity (Wildman–Crippen MR) is 193 cm³/mol. The molecule has 288 valence electrons. The van der Waals surface area contributed by atoms with E-state index in [0.717, 1.165) is 11.3 Å². The number of fused-ring (bicyclic) bond motifs is 1. The highest BCUT2D eigenvalue weighted by Gasteiger charge is 2.46. The molecule has 0 radical (unpaired) electrons. The number of pyridine rings is 1. The summed E-state index contributed by atoms with van der Waals surface area (Å²) in [5.74, 6) is 2.37. The molecular weight excluding hydrogens is 766 g/mol. The van der Waals surface area contributed by atoms with Crippen molar-refractivity contribution in [3.05, 3.63) is 53.3 Å². The number of anilines is 1. The first kappa shape index (κ1) is 42.6. The van der Waals surface area contributed by atoms with E-state index in [1.165, 1.54) is 10.9 Å². The highest BCUT2D eigenvalue weighted by Crippen LogP contribution is 2.55. The molecule has 0 amide bonds. The number of aromatic nitrogens is 3. The van der Waals surface area contributed by atoms with Crippen LogP contribution >= 0.6 is 38.6 Å². The first-order chi connectivity index (χ1) is 24.9. The van der Waals surface area contributed by atoms with Crippen molar-refractivity contribution < 1.29 is 62.2 Å². The van der Waals surface area contributed by atoms with Gasteiger partial charge >= 0.3 is 15.2 Å². The van der Waals surface area contributed by atoms with Crippen LogP contribution in [-0.4, -0.2) is 135 Å². The Morgan fingerprint density at radius 2 is 1.65 bits per heavy atom. The van der Waals surface area contributed by atoms with E-state index in [1.54, 1.807) is 17.8 Å². The number of aliphatic hydroxyl groups excluding tert-OH is 2. The number of nitrogens with one attached hydrogen (secondary N) is 1. The standard InChI is InChI=1S/C31H43ClN4O13P2S/c1-2-8-44-9-10-45-11-12-46-13-14-47-15-16-52-20-25(22-6-4-3-5-7-22)34-24-17-27(32)35-30-23(24)18-33-36(30)31-29(38)28(37)26(49-31)19-48-51(42,43)21-50(39,40)41/h1,3-7,17-18,25-26,28-29,31,37-38H,8-16,19-21H2,(H,34,35)(H,42,43)(H2,39,40,41)/t25-,26+,28+,29+,31+/m0/s1. The van der Waals surface area contributed by atoms with Crippen molar-refractivity contribution in [3.8, 4) is 12.3 Å². The number of hydrogen-bond donors (Lipinski definition) is 6. The van der Waals surface area contributed by atoms with Crippen molar-refractivity contribution in [3.63, 3.8) is 0 Å². The van der Waals surface area contributed by atoms with Crippen LogP contribution < -0.4 is 5.32 Å². The maximum Gasteiger partial charge on any atom is 0.340 e. The third kappa shape index (κ3) is 13.6. The van der Waals surface area contributed by atoms with Gasteiger partial charge in [0.25, 0.3) is 0 Å². The summed E-state index contributed by atoms with van der Waals surface area (Å²) in [7, 11) is -9.60. The van der Waals surface area contributed by atoms with Crippen molar-refractivity contribution in [1.29, 1.82) is 0 Å². The minimum atomic E-state index is -4.87. The van der Waals surface area contributed by atoms with Crippen LogP contribution in [0.15, 0.2) is 42.6 Å². The molecule has 1 unspecified atom stereocenters. The fourth-order valence-corrected chi connectivity index (χ4v) is 8.70. The number of benzene rings is 1. The highest BCUT2D eigenvalue weighted by molar-refractivity contribution is 7.99. The maximum atomic E-state index is 12.1. The summed E-state index contributed by atoms with van der Waals surface area (Å²) in [6.45, 7) is 2.75. The molecule has 1 aliphatic rings. The van der Waals surface area contributed by atoms with Gasteiger partial charge in [0.1, 0.15) is 30.1 Å². The first-order valence-electron chi connectivity index (χ1n) is 16.1. The number of aliphatic hydroxyl groups is 2. The lowest BCUT2D eigenvalue weighted by Gasteiger charge is -2.21. The van der Waals surface area contributed by atoms with Gasteiger partial charge in [0.2, 0.25) is 0 Å². The van der Waals surface area contributed by atoms with Crippen molar-refractivity contribution in [2.24, 2.45) is 0 Å². The van der Waals surface area contributed by atoms with Gasteiger partial charge in [0.15, 0.2) is 17.8 Å². The summed E-state index contributed by atoms with van der Waals surface area (Å²) in [4.78, 5) is 32.2. The summed E-state index contributed by atoms with van der Waals surface area (Å²) in [5.41, 5.74) is 1.83. The summed E-state index contributed by atoms with van der Waals surface area (Å²) >= 11 is 8.13. The average Bonchev–Trinajstić information content (AvgIpc) is 3.63. The molecule has 1 aromatic carbocycles. The van der Waals surface area contributed by atoms with Crippen LogP contribution in [0.25, 0.3) is 11.0 Å². The largest absolute Gasteiger partial charge is 0.387 e. The molecule has 6 N–H and O–H groups in total. The summed E-state index contributed by atoms with van der Waals surface area (Å²) in [6, 6.07) is 11.3. The second-order valence-electron chi connectivity index (χ2n) is 11.4. The van der Waals surface area contributed by atoms with Gasteiger partial charge in [-0.2, -0.15) is 16.9 Å². The van der Waals surface area contributed by atoms with Crippen LogP contribution in [0.3, 0.4) is 0 Å². The predicted octanol–water partition coefficient (Wildman–Crippen LogP) is 2.63. The normalized spacial score (nSPS) is 20.9. The minimum Gasteiger partial charge on any atom is -0.387 e. The van der Waals surface area contributed by atoms with Gasteiger partial charge in [0.05, 0.1) is 76.2 Å². The molecule has 3 heterocycles. The second kappa shape index (κ2) is 21.1. The molecule has 1 fully saturated rings. The van der Waals surface area contributed by atoms with Crippen molar-refractivity contribution >= 4 is 55.3 Å². The van der Waals surface area contributed by atoms with Gasteiger partial charge in [-0.05, 0) is 11.6 Å². The Balaban J connectivity index is 1.32. The number of thioether (sulfide) groups is 1. The number of rotatable bonds is 24. The molecule has 4 rings (SSSR count). The monoisotopic (exact) mass is 808 g/mol. The zero-order chi connectivity index (χ0) is 37.6. The zero-order valence-corrected chi connectivity index (χ0v) is 31.4. The van der Waals surface area contributed by atoms with E-state index in [4.69, 9.17) is 56.0 Å². The van der Waals surface area contributed by atoms with Crippen molar-refractivity contribution in [2.45, 2.75) is 30.6 Å². The average molecular weight is 809 g/mol. The smallest absolute Gasteiger partial charge is 0.340 e. The highest BCUT2D eigenvalue weighted by atomic mass is 35.5. The second-order valence-corrected chi connectivity index (χ2v) is 16.9. The fraction of sp³-hybridized carbons (Fsp3) is 0.548. The van der Waals surface area contributed by atoms with E-state index >= 15 is 0 Å². The molecule has 3 aromatic rings. The van der Waals surface area contributed by atoms with Gasteiger partial charge in [-0.1, -0.05) is 47.9 Å². The minimum absolute atomic E-state index is 0.110. The number of ether oxygens (including phenoxy) is 5. The Bertz CT molecular complexity index is 1680.